The molecule has 0 amide bonds. The van der Waals surface area contributed by atoms with Crippen LogP contribution < -0.4 is 9.47 Å². The van der Waals surface area contributed by atoms with E-state index in [9.17, 15) is 4.79 Å². The minimum absolute atomic E-state index is 0.107. The molecule has 4 heteroatoms. The molecule has 1 aromatic rings. The number of benzene rings is 1. The third kappa shape index (κ3) is 4.04. The van der Waals surface area contributed by atoms with Crippen LogP contribution in [0.2, 0.25) is 0 Å². The molecule has 0 heterocycles. The molecule has 0 saturated carbocycles. The Bertz CT molecular complexity index is 377. The van der Waals surface area contributed by atoms with E-state index < -0.39 is 0 Å². The zero-order valence-corrected chi connectivity index (χ0v) is 11.7. The first-order valence-corrected chi connectivity index (χ1v) is 6.75. The minimum Gasteiger partial charge on any atom is -0.493 e. The van der Waals surface area contributed by atoms with E-state index in [1.165, 1.54) is 0 Å². The Morgan fingerprint density at radius 3 is 2.71 bits per heavy atom. The van der Waals surface area contributed by atoms with Gasteiger partial charge >= 0.3 is 0 Å². The van der Waals surface area contributed by atoms with Crippen LogP contribution in [0.3, 0.4) is 0 Å². The number of Topliss-reactive ketones (excluding diaryl/α,β-unsaturated/α-hetero) is 1. The molecule has 0 aliphatic carbocycles. The van der Waals surface area contributed by atoms with Gasteiger partial charge in [-0.05, 0) is 24.6 Å². The van der Waals surface area contributed by atoms with E-state index in [4.69, 9.17) is 9.47 Å². The van der Waals surface area contributed by atoms with Crippen LogP contribution in [0.25, 0.3) is 0 Å². The van der Waals surface area contributed by atoms with Crippen LogP contribution in [0.1, 0.15) is 30.1 Å². The normalized spacial score (nSPS) is 10.1. The zero-order chi connectivity index (χ0) is 12.7. The third-order valence-electron chi connectivity index (χ3n) is 2.34. The Hall–Kier alpha value is -1.03. The van der Waals surface area contributed by atoms with Gasteiger partial charge in [-0.25, -0.2) is 0 Å². The molecule has 0 N–H and O–H groups in total. The fourth-order valence-electron chi connectivity index (χ4n) is 1.40. The standard InChI is InChI=1S/C13H17BrO3/c1-3-11(15)10-5-6-12(13(9-10)16-2)17-8-4-7-14/h5-6,9H,3-4,7-8H2,1-2H3. The van der Waals surface area contributed by atoms with Crippen LogP contribution in [-0.2, 0) is 0 Å². The Balaban J connectivity index is 2.81. The third-order valence-corrected chi connectivity index (χ3v) is 2.90. The van der Waals surface area contributed by atoms with Crippen LogP contribution in [0.4, 0.5) is 0 Å². The van der Waals surface area contributed by atoms with E-state index in [1.54, 1.807) is 25.3 Å². The summed E-state index contributed by atoms with van der Waals surface area (Å²) in [5.41, 5.74) is 0.664. The van der Waals surface area contributed by atoms with Gasteiger partial charge in [-0.3, -0.25) is 4.79 Å². The lowest BCUT2D eigenvalue weighted by Gasteiger charge is -2.11. The zero-order valence-electron chi connectivity index (χ0n) is 10.2. The van der Waals surface area contributed by atoms with E-state index in [0.717, 1.165) is 11.8 Å². The summed E-state index contributed by atoms with van der Waals surface area (Å²) < 4.78 is 10.8. The van der Waals surface area contributed by atoms with Crippen molar-refractivity contribution >= 4 is 21.7 Å². The van der Waals surface area contributed by atoms with Crippen molar-refractivity contribution in [1.82, 2.24) is 0 Å². The van der Waals surface area contributed by atoms with Gasteiger partial charge < -0.3 is 9.47 Å². The first kappa shape index (κ1) is 14.0. The molecule has 3 nitrogen and oxygen atoms in total. The van der Waals surface area contributed by atoms with Crippen molar-refractivity contribution < 1.29 is 14.3 Å². The largest absolute Gasteiger partial charge is 0.493 e. The van der Waals surface area contributed by atoms with E-state index in [0.29, 0.717) is 30.1 Å². The molecule has 0 spiro atoms. The van der Waals surface area contributed by atoms with Gasteiger partial charge in [0.15, 0.2) is 17.3 Å². The number of ether oxygens (including phenoxy) is 2. The fourth-order valence-corrected chi connectivity index (χ4v) is 1.63. The predicted molar refractivity (Wildman–Crippen MR) is 71.5 cm³/mol. The molecule has 17 heavy (non-hydrogen) atoms. The number of hydrogen-bond acceptors (Lipinski definition) is 3. The second-order valence-corrected chi connectivity index (χ2v) is 4.33. The van der Waals surface area contributed by atoms with Crippen molar-refractivity contribution in [3.05, 3.63) is 23.8 Å². The maximum Gasteiger partial charge on any atom is 0.162 e. The Morgan fingerprint density at radius 1 is 1.35 bits per heavy atom. The molecule has 0 aromatic heterocycles. The Kier molecular flexibility index (Phi) is 6.05. The molecule has 0 aliphatic rings. The number of carbonyl (C=O) groups excluding carboxylic acids is 1. The monoisotopic (exact) mass is 300 g/mol. The molecule has 1 rings (SSSR count). The predicted octanol–water partition coefficient (Wildman–Crippen LogP) is 3.45. The van der Waals surface area contributed by atoms with Crippen LogP contribution in [0, 0.1) is 0 Å². The van der Waals surface area contributed by atoms with E-state index >= 15 is 0 Å². The Morgan fingerprint density at radius 2 is 2.12 bits per heavy atom. The quantitative estimate of drug-likeness (QED) is 0.439. The van der Waals surface area contributed by atoms with Gasteiger partial charge in [0.25, 0.3) is 0 Å². The molecule has 94 valence electrons. The highest BCUT2D eigenvalue weighted by Gasteiger charge is 2.09. The summed E-state index contributed by atoms with van der Waals surface area (Å²) in [6, 6.07) is 5.29. The molecule has 0 unspecified atom stereocenters. The smallest absolute Gasteiger partial charge is 0.162 e. The summed E-state index contributed by atoms with van der Waals surface area (Å²) >= 11 is 3.34. The van der Waals surface area contributed by atoms with Gasteiger partial charge in [-0.1, -0.05) is 22.9 Å². The Labute approximate surface area is 110 Å². The van der Waals surface area contributed by atoms with Crippen LogP contribution in [0.5, 0.6) is 11.5 Å². The maximum absolute atomic E-state index is 11.6. The topological polar surface area (TPSA) is 35.5 Å². The van der Waals surface area contributed by atoms with Crippen LogP contribution in [0.15, 0.2) is 18.2 Å². The highest BCUT2D eigenvalue weighted by atomic mass is 79.9. The summed E-state index contributed by atoms with van der Waals surface area (Å²) in [4.78, 5) is 11.6. The molecular formula is C13H17BrO3. The number of methoxy groups -OCH3 is 1. The first-order chi connectivity index (χ1) is 8.22. The summed E-state index contributed by atoms with van der Waals surface area (Å²) in [7, 11) is 1.58. The van der Waals surface area contributed by atoms with Crippen molar-refractivity contribution in [3.8, 4) is 11.5 Å². The fraction of sp³-hybridized carbons (Fsp3) is 0.462. The maximum atomic E-state index is 11.6. The second kappa shape index (κ2) is 7.33. The molecule has 0 radical (unpaired) electrons. The van der Waals surface area contributed by atoms with Crippen molar-refractivity contribution in [3.63, 3.8) is 0 Å². The summed E-state index contributed by atoms with van der Waals surface area (Å²) in [5, 5.41) is 0.904. The van der Waals surface area contributed by atoms with Crippen molar-refractivity contribution in [2.45, 2.75) is 19.8 Å². The van der Waals surface area contributed by atoms with Crippen molar-refractivity contribution in [2.24, 2.45) is 0 Å². The van der Waals surface area contributed by atoms with Crippen LogP contribution in [-0.4, -0.2) is 24.8 Å². The number of alkyl halides is 1. The second-order valence-electron chi connectivity index (χ2n) is 3.53. The average molecular weight is 301 g/mol. The van der Waals surface area contributed by atoms with Gasteiger partial charge in [-0.2, -0.15) is 0 Å². The number of ketones is 1. The van der Waals surface area contributed by atoms with Gasteiger partial charge in [0, 0.05) is 17.3 Å². The first-order valence-electron chi connectivity index (χ1n) is 5.63. The van der Waals surface area contributed by atoms with Crippen molar-refractivity contribution in [2.75, 3.05) is 19.0 Å². The lowest BCUT2D eigenvalue weighted by Crippen LogP contribution is -2.02. The lowest BCUT2D eigenvalue weighted by atomic mass is 10.1. The number of halogens is 1. The minimum atomic E-state index is 0.107. The van der Waals surface area contributed by atoms with Crippen molar-refractivity contribution in [1.29, 1.82) is 0 Å². The average Bonchev–Trinajstić information content (AvgIpc) is 2.38. The van der Waals surface area contributed by atoms with E-state index in [1.807, 2.05) is 6.92 Å². The lowest BCUT2D eigenvalue weighted by molar-refractivity contribution is 0.0987. The van der Waals surface area contributed by atoms with Gasteiger partial charge in [0.1, 0.15) is 0 Å². The molecule has 0 fully saturated rings. The van der Waals surface area contributed by atoms with Crippen LogP contribution >= 0.6 is 15.9 Å². The highest BCUT2D eigenvalue weighted by molar-refractivity contribution is 9.09. The SMILES string of the molecule is CCC(=O)c1ccc(OCCCBr)c(OC)c1. The molecular weight excluding hydrogens is 284 g/mol. The van der Waals surface area contributed by atoms with E-state index in [-0.39, 0.29) is 5.78 Å². The highest BCUT2D eigenvalue weighted by Crippen LogP contribution is 2.28. The van der Waals surface area contributed by atoms with Gasteiger partial charge in [0.2, 0.25) is 0 Å². The summed E-state index contributed by atoms with van der Waals surface area (Å²) in [5.74, 6) is 1.40. The molecule has 0 saturated heterocycles. The molecule has 0 aliphatic heterocycles. The molecule has 0 atom stereocenters. The summed E-state index contributed by atoms with van der Waals surface area (Å²) in [6.45, 7) is 2.47. The number of carbonyl (C=O) groups is 1. The van der Waals surface area contributed by atoms with E-state index in [2.05, 4.69) is 15.9 Å². The molecule has 1 aromatic carbocycles. The number of hydrogen-bond donors (Lipinski definition) is 0. The molecule has 0 bridgehead atoms. The van der Waals surface area contributed by atoms with Gasteiger partial charge in [-0.15, -0.1) is 0 Å². The van der Waals surface area contributed by atoms with Gasteiger partial charge in [0.05, 0.1) is 13.7 Å². The number of rotatable bonds is 7. The summed E-state index contributed by atoms with van der Waals surface area (Å²) in [6.07, 6.45) is 1.42.